The van der Waals surface area contributed by atoms with Crippen LogP contribution in [0.15, 0.2) is 57.4 Å². The predicted octanol–water partition coefficient (Wildman–Crippen LogP) is 5.45. The van der Waals surface area contributed by atoms with E-state index in [1.165, 1.54) is 48.5 Å². The summed E-state index contributed by atoms with van der Waals surface area (Å²) in [6.07, 6.45) is 1.32. The number of nitrogens with one attached hydrogen (secondary N) is 1. The van der Waals surface area contributed by atoms with Gasteiger partial charge >= 0.3 is 0 Å². The molecule has 0 aromatic heterocycles. The van der Waals surface area contributed by atoms with Crippen molar-refractivity contribution in [2.24, 2.45) is 0 Å². The molecule has 0 saturated heterocycles. The zero-order valence-corrected chi connectivity index (χ0v) is 14.9. The molecule has 1 N–H and O–H groups in total. The lowest BCUT2D eigenvalue weighted by Crippen LogP contribution is -2.13. The van der Waals surface area contributed by atoms with Crippen LogP contribution in [0.25, 0.3) is 6.08 Å². The molecule has 0 atom stereocenters. The first-order valence-electron chi connectivity index (χ1n) is 6.82. The van der Waals surface area contributed by atoms with Crippen LogP contribution in [0, 0.1) is 17.1 Å². The van der Waals surface area contributed by atoms with E-state index in [2.05, 4.69) is 21.2 Å². The molecule has 2 aromatic rings. The zero-order chi connectivity index (χ0) is 18.4. The largest absolute Gasteiger partial charge is 0.321 e. The van der Waals surface area contributed by atoms with Crippen molar-refractivity contribution in [3.63, 3.8) is 0 Å². The van der Waals surface area contributed by atoms with Gasteiger partial charge < -0.3 is 5.32 Å². The topological polar surface area (TPSA) is 52.9 Å². The maximum atomic E-state index is 13.2. The van der Waals surface area contributed by atoms with Crippen molar-refractivity contribution in [2.45, 2.75) is 10.7 Å². The summed E-state index contributed by atoms with van der Waals surface area (Å²) < 4.78 is 38.0. The minimum Gasteiger partial charge on any atom is -0.321 e. The van der Waals surface area contributed by atoms with Gasteiger partial charge in [0, 0.05) is 10.6 Å². The molecule has 0 bridgehead atoms. The number of halogens is 4. The molecule has 128 valence electrons. The first kappa shape index (κ1) is 19.1. The van der Waals surface area contributed by atoms with Crippen LogP contribution in [0.3, 0.4) is 0 Å². The predicted molar refractivity (Wildman–Crippen MR) is 94.6 cm³/mol. The first-order valence-corrected chi connectivity index (χ1v) is 8.49. The fraction of sp³-hybridized carbons (Fsp3) is 0.0588. The normalized spacial score (nSPS) is 11.3. The number of hydrogen-bond acceptors (Lipinski definition) is 3. The van der Waals surface area contributed by atoms with E-state index in [4.69, 9.17) is 5.26 Å². The Morgan fingerprint density at radius 2 is 1.92 bits per heavy atom. The number of amides is 1. The van der Waals surface area contributed by atoms with Crippen molar-refractivity contribution in [3.8, 4) is 6.07 Å². The molecule has 8 heteroatoms. The van der Waals surface area contributed by atoms with E-state index < -0.39 is 17.5 Å². The fourth-order valence-electron chi connectivity index (χ4n) is 1.84. The summed E-state index contributed by atoms with van der Waals surface area (Å²) >= 11 is 3.43. The van der Waals surface area contributed by atoms with Gasteiger partial charge in [-0.2, -0.15) is 14.0 Å². The number of thioether (sulfide) groups is 1. The van der Waals surface area contributed by atoms with Crippen LogP contribution in [-0.2, 0) is 4.79 Å². The van der Waals surface area contributed by atoms with Gasteiger partial charge in [-0.3, -0.25) is 4.79 Å². The van der Waals surface area contributed by atoms with Crippen molar-refractivity contribution < 1.29 is 18.0 Å². The molecular weight excluding hydrogens is 417 g/mol. The van der Waals surface area contributed by atoms with Crippen LogP contribution >= 0.6 is 27.7 Å². The lowest BCUT2D eigenvalue weighted by atomic mass is 10.1. The number of hydrogen-bond donors (Lipinski definition) is 1. The fourth-order valence-corrected chi connectivity index (χ4v) is 2.73. The third kappa shape index (κ3) is 5.66. The minimum atomic E-state index is -2.52. The summed E-state index contributed by atoms with van der Waals surface area (Å²) in [5, 5.41) is 11.7. The van der Waals surface area contributed by atoms with Crippen LogP contribution in [-0.4, -0.2) is 11.7 Å². The van der Waals surface area contributed by atoms with Crippen LogP contribution in [0.4, 0.5) is 18.9 Å². The van der Waals surface area contributed by atoms with Crippen LogP contribution in [0.5, 0.6) is 0 Å². The molecule has 0 aliphatic rings. The van der Waals surface area contributed by atoms with E-state index in [0.717, 1.165) is 0 Å². The van der Waals surface area contributed by atoms with E-state index in [-0.39, 0.29) is 10.0 Å². The van der Waals surface area contributed by atoms with Gasteiger partial charge in [0.25, 0.3) is 11.7 Å². The molecule has 0 aliphatic heterocycles. The Hall–Kier alpha value is -2.24. The first-order chi connectivity index (χ1) is 11.9. The highest BCUT2D eigenvalue weighted by Gasteiger charge is 2.11. The van der Waals surface area contributed by atoms with Gasteiger partial charge in [-0.25, -0.2) is 4.39 Å². The van der Waals surface area contributed by atoms with Crippen LogP contribution in [0.1, 0.15) is 5.56 Å². The van der Waals surface area contributed by atoms with Gasteiger partial charge in [0.1, 0.15) is 17.5 Å². The number of carbonyl (C=O) groups is 1. The van der Waals surface area contributed by atoms with Crippen molar-refractivity contribution in [1.82, 2.24) is 0 Å². The van der Waals surface area contributed by atoms with Gasteiger partial charge in [-0.15, -0.1) is 0 Å². The highest BCUT2D eigenvalue weighted by atomic mass is 79.9. The van der Waals surface area contributed by atoms with Gasteiger partial charge in [0.15, 0.2) is 0 Å². The molecule has 1 amide bonds. The summed E-state index contributed by atoms with van der Waals surface area (Å²) in [5.41, 5.74) is 0.665. The molecule has 2 rings (SSSR count). The second-order valence-electron chi connectivity index (χ2n) is 4.70. The SMILES string of the molecule is N#C/C(=C\c1ccc(F)c(Br)c1)C(=O)Nc1ccc(SC(F)F)cc1. The second-order valence-corrected chi connectivity index (χ2v) is 6.62. The monoisotopic (exact) mass is 426 g/mol. The number of alkyl halides is 2. The highest BCUT2D eigenvalue weighted by molar-refractivity contribution is 9.10. The highest BCUT2D eigenvalue weighted by Crippen LogP contribution is 2.26. The van der Waals surface area contributed by atoms with Crippen molar-refractivity contribution in [1.29, 1.82) is 5.26 Å². The molecule has 0 heterocycles. The number of anilines is 1. The van der Waals surface area contributed by atoms with E-state index in [1.807, 2.05) is 0 Å². The molecular formula is C17H10BrF3N2OS. The number of carbonyl (C=O) groups excluding carboxylic acids is 1. The maximum absolute atomic E-state index is 13.2. The van der Waals surface area contributed by atoms with E-state index >= 15 is 0 Å². The summed E-state index contributed by atoms with van der Waals surface area (Å²) in [5.74, 6) is -3.64. The average Bonchev–Trinajstić information content (AvgIpc) is 2.57. The Balaban J connectivity index is 2.13. The summed E-state index contributed by atoms with van der Waals surface area (Å²) in [4.78, 5) is 12.5. The Labute approximate surface area is 154 Å². The zero-order valence-electron chi connectivity index (χ0n) is 12.5. The molecule has 3 nitrogen and oxygen atoms in total. The quantitative estimate of drug-likeness (QED) is 0.392. The Morgan fingerprint density at radius 1 is 1.24 bits per heavy atom. The van der Waals surface area contributed by atoms with Crippen LogP contribution < -0.4 is 5.32 Å². The number of rotatable bonds is 5. The summed E-state index contributed by atoms with van der Waals surface area (Å²) in [7, 11) is 0. The molecule has 2 aromatic carbocycles. The summed E-state index contributed by atoms with van der Waals surface area (Å²) in [6.45, 7) is 0. The molecule has 0 fully saturated rings. The van der Waals surface area contributed by atoms with Gasteiger partial charge in [-0.1, -0.05) is 17.8 Å². The van der Waals surface area contributed by atoms with Gasteiger partial charge in [0.05, 0.1) is 4.47 Å². The van der Waals surface area contributed by atoms with Crippen molar-refractivity contribution in [2.75, 3.05) is 5.32 Å². The lowest BCUT2D eigenvalue weighted by molar-refractivity contribution is -0.112. The lowest BCUT2D eigenvalue weighted by Gasteiger charge is -2.06. The van der Waals surface area contributed by atoms with Gasteiger partial charge in [0.2, 0.25) is 0 Å². The Bertz CT molecular complexity index is 848. The number of benzene rings is 2. The molecule has 25 heavy (non-hydrogen) atoms. The third-order valence-electron chi connectivity index (χ3n) is 2.96. The minimum absolute atomic E-state index is 0.176. The summed E-state index contributed by atoms with van der Waals surface area (Å²) in [6, 6.07) is 11.7. The molecule has 0 aliphatic carbocycles. The standard InChI is InChI=1S/C17H10BrF3N2OS/c18-14-8-10(1-6-15(14)19)7-11(9-22)16(24)23-12-2-4-13(5-3-12)25-17(20)21/h1-8,17H,(H,23,24)/b11-7+. The average molecular weight is 427 g/mol. The number of nitriles is 1. The number of nitrogens with zero attached hydrogens (tertiary/aromatic N) is 1. The molecule has 0 spiro atoms. The molecule has 0 unspecified atom stereocenters. The molecule has 0 radical (unpaired) electrons. The van der Waals surface area contributed by atoms with Crippen LogP contribution in [0.2, 0.25) is 0 Å². The van der Waals surface area contributed by atoms with E-state index in [0.29, 0.717) is 27.9 Å². The van der Waals surface area contributed by atoms with Gasteiger partial charge in [-0.05, 0) is 64.0 Å². The van der Waals surface area contributed by atoms with Crippen molar-refractivity contribution in [3.05, 3.63) is 63.9 Å². The Kier molecular flexibility index (Phi) is 6.67. The van der Waals surface area contributed by atoms with E-state index in [1.54, 1.807) is 6.07 Å². The second kappa shape index (κ2) is 8.74. The van der Waals surface area contributed by atoms with E-state index in [9.17, 15) is 18.0 Å². The maximum Gasteiger partial charge on any atom is 0.288 e. The smallest absolute Gasteiger partial charge is 0.288 e. The Morgan fingerprint density at radius 3 is 2.48 bits per heavy atom. The molecule has 0 saturated carbocycles. The third-order valence-corrected chi connectivity index (χ3v) is 4.29. The van der Waals surface area contributed by atoms with Crippen molar-refractivity contribution >= 4 is 45.4 Å².